The van der Waals surface area contributed by atoms with E-state index in [0.717, 1.165) is 10.0 Å². The van der Waals surface area contributed by atoms with Crippen LogP contribution < -0.4 is 9.47 Å². The van der Waals surface area contributed by atoms with Crippen molar-refractivity contribution in [3.8, 4) is 11.5 Å². The SMILES string of the molecule is COc1cccc(C2=NC(=Cc3cc(Br)ccc3OC)C(=O)O2)c1. The van der Waals surface area contributed by atoms with Gasteiger partial charge in [0.2, 0.25) is 5.90 Å². The number of carbonyl (C=O) groups is 1. The first-order chi connectivity index (χ1) is 11.6. The summed E-state index contributed by atoms with van der Waals surface area (Å²) in [5, 5.41) is 0. The van der Waals surface area contributed by atoms with E-state index < -0.39 is 5.97 Å². The average molecular weight is 388 g/mol. The Morgan fingerprint density at radius 3 is 2.71 bits per heavy atom. The number of rotatable bonds is 4. The zero-order chi connectivity index (χ0) is 17.1. The molecule has 0 saturated carbocycles. The number of hydrogen-bond acceptors (Lipinski definition) is 5. The second-order valence-corrected chi connectivity index (χ2v) is 5.87. The molecule has 0 aliphatic carbocycles. The van der Waals surface area contributed by atoms with Crippen LogP contribution in [-0.2, 0) is 9.53 Å². The van der Waals surface area contributed by atoms with Crippen LogP contribution in [-0.4, -0.2) is 26.1 Å². The van der Waals surface area contributed by atoms with Crippen LogP contribution in [0.3, 0.4) is 0 Å². The van der Waals surface area contributed by atoms with Gasteiger partial charge in [0.15, 0.2) is 5.70 Å². The molecule has 0 bridgehead atoms. The molecule has 1 aliphatic heterocycles. The molecule has 1 aliphatic rings. The van der Waals surface area contributed by atoms with E-state index in [1.54, 1.807) is 32.4 Å². The van der Waals surface area contributed by atoms with Gasteiger partial charge in [-0.05, 0) is 42.5 Å². The Bertz CT molecular complexity index is 858. The molecule has 122 valence electrons. The summed E-state index contributed by atoms with van der Waals surface area (Å²) >= 11 is 3.40. The predicted molar refractivity (Wildman–Crippen MR) is 94.3 cm³/mol. The standard InChI is InChI=1S/C18H14BrNO4/c1-22-14-5-3-4-11(9-14)17-20-15(18(21)24-17)10-12-8-13(19)6-7-16(12)23-2/h3-10H,1-2H3. The summed E-state index contributed by atoms with van der Waals surface area (Å²) in [4.78, 5) is 16.4. The quantitative estimate of drug-likeness (QED) is 0.591. The fraction of sp³-hybridized carbons (Fsp3) is 0.111. The Balaban J connectivity index is 1.98. The largest absolute Gasteiger partial charge is 0.497 e. The number of nitrogens with zero attached hydrogens (tertiary/aromatic N) is 1. The lowest BCUT2D eigenvalue weighted by Crippen LogP contribution is -2.05. The highest BCUT2D eigenvalue weighted by Crippen LogP contribution is 2.27. The highest BCUT2D eigenvalue weighted by molar-refractivity contribution is 9.10. The molecule has 0 fully saturated rings. The number of halogens is 1. The maximum absolute atomic E-state index is 12.1. The van der Waals surface area contributed by atoms with Gasteiger partial charge < -0.3 is 14.2 Å². The molecule has 3 rings (SSSR count). The minimum absolute atomic E-state index is 0.212. The van der Waals surface area contributed by atoms with Crippen LogP contribution in [0.1, 0.15) is 11.1 Å². The smallest absolute Gasteiger partial charge is 0.363 e. The van der Waals surface area contributed by atoms with Gasteiger partial charge in [-0.25, -0.2) is 9.79 Å². The van der Waals surface area contributed by atoms with Crippen LogP contribution in [0.25, 0.3) is 6.08 Å². The summed E-state index contributed by atoms with van der Waals surface area (Å²) in [5.74, 6) is 1.05. The third-order valence-corrected chi connectivity index (χ3v) is 3.91. The molecule has 5 nitrogen and oxygen atoms in total. The summed E-state index contributed by atoms with van der Waals surface area (Å²) in [6, 6.07) is 12.7. The molecule has 0 amide bonds. The molecular weight excluding hydrogens is 374 g/mol. The number of carbonyl (C=O) groups excluding carboxylic acids is 1. The Morgan fingerprint density at radius 2 is 1.96 bits per heavy atom. The van der Waals surface area contributed by atoms with E-state index in [1.807, 2.05) is 30.3 Å². The second-order valence-electron chi connectivity index (χ2n) is 4.95. The van der Waals surface area contributed by atoms with Gasteiger partial charge in [0.1, 0.15) is 11.5 Å². The van der Waals surface area contributed by atoms with Crippen LogP contribution >= 0.6 is 15.9 Å². The highest BCUT2D eigenvalue weighted by Gasteiger charge is 2.24. The number of cyclic esters (lactones) is 1. The lowest BCUT2D eigenvalue weighted by Gasteiger charge is -2.04. The van der Waals surface area contributed by atoms with E-state index in [2.05, 4.69) is 20.9 Å². The number of aliphatic imine (C=N–C) groups is 1. The first-order valence-corrected chi connectivity index (χ1v) is 7.90. The third-order valence-electron chi connectivity index (χ3n) is 3.42. The zero-order valence-corrected chi connectivity index (χ0v) is 14.7. The van der Waals surface area contributed by atoms with Crippen molar-refractivity contribution < 1.29 is 19.0 Å². The maximum Gasteiger partial charge on any atom is 0.363 e. The number of methoxy groups -OCH3 is 2. The number of benzene rings is 2. The van der Waals surface area contributed by atoms with Crippen LogP contribution in [0, 0.1) is 0 Å². The molecule has 6 heteroatoms. The average Bonchev–Trinajstić information content (AvgIpc) is 2.96. The van der Waals surface area contributed by atoms with Gasteiger partial charge in [0.25, 0.3) is 0 Å². The van der Waals surface area contributed by atoms with Crippen molar-refractivity contribution in [3.63, 3.8) is 0 Å². The molecule has 2 aromatic rings. The van der Waals surface area contributed by atoms with Crippen molar-refractivity contribution in [1.82, 2.24) is 0 Å². The van der Waals surface area contributed by atoms with Gasteiger partial charge in [0, 0.05) is 15.6 Å². The highest BCUT2D eigenvalue weighted by atomic mass is 79.9. The normalized spacial score (nSPS) is 15.2. The fourth-order valence-corrected chi connectivity index (χ4v) is 2.63. The zero-order valence-electron chi connectivity index (χ0n) is 13.1. The fourth-order valence-electron chi connectivity index (χ4n) is 2.25. The van der Waals surface area contributed by atoms with Crippen LogP contribution in [0.4, 0.5) is 0 Å². The van der Waals surface area contributed by atoms with E-state index >= 15 is 0 Å². The van der Waals surface area contributed by atoms with Crippen molar-refractivity contribution in [2.24, 2.45) is 4.99 Å². The lowest BCUT2D eigenvalue weighted by molar-refractivity contribution is -0.129. The predicted octanol–water partition coefficient (Wildman–Crippen LogP) is 3.81. The van der Waals surface area contributed by atoms with Crippen LogP contribution in [0.15, 0.2) is 57.6 Å². The Kier molecular flexibility index (Phi) is 4.66. The van der Waals surface area contributed by atoms with E-state index in [4.69, 9.17) is 14.2 Å². The number of hydrogen-bond donors (Lipinski definition) is 0. The van der Waals surface area contributed by atoms with E-state index in [-0.39, 0.29) is 11.6 Å². The van der Waals surface area contributed by atoms with E-state index in [9.17, 15) is 4.79 Å². The second kappa shape index (κ2) is 6.88. The molecule has 0 unspecified atom stereocenters. The molecule has 0 aromatic heterocycles. The Morgan fingerprint density at radius 1 is 1.12 bits per heavy atom. The molecule has 0 radical (unpaired) electrons. The van der Waals surface area contributed by atoms with E-state index in [1.165, 1.54) is 0 Å². The molecule has 2 aromatic carbocycles. The van der Waals surface area contributed by atoms with Crippen LogP contribution in [0.2, 0.25) is 0 Å². The molecule has 0 atom stereocenters. The van der Waals surface area contributed by atoms with Gasteiger partial charge >= 0.3 is 5.97 Å². The molecule has 1 heterocycles. The molecule has 0 saturated heterocycles. The number of ether oxygens (including phenoxy) is 3. The summed E-state index contributed by atoms with van der Waals surface area (Å²) in [6.45, 7) is 0. The molecular formula is C18H14BrNO4. The van der Waals surface area contributed by atoms with Gasteiger partial charge in [-0.2, -0.15) is 0 Å². The topological polar surface area (TPSA) is 57.1 Å². The minimum atomic E-state index is -0.505. The van der Waals surface area contributed by atoms with Crippen molar-refractivity contribution in [3.05, 3.63) is 63.8 Å². The van der Waals surface area contributed by atoms with Gasteiger partial charge in [-0.1, -0.05) is 22.0 Å². The summed E-state index contributed by atoms with van der Waals surface area (Å²) in [7, 11) is 3.15. The van der Waals surface area contributed by atoms with Crippen LogP contribution in [0.5, 0.6) is 11.5 Å². The lowest BCUT2D eigenvalue weighted by atomic mass is 10.1. The first kappa shape index (κ1) is 16.3. The third kappa shape index (κ3) is 3.33. The van der Waals surface area contributed by atoms with Gasteiger partial charge in [-0.15, -0.1) is 0 Å². The van der Waals surface area contributed by atoms with Gasteiger partial charge in [0.05, 0.1) is 14.2 Å². The van der Waals surface area contributed by atoms with E-state index in [0.29, 0.717) is 17.1 Å². The Hall–Kier alpha value is -2.60. The maximum atomic E-state index is 12.1. The van der Waals surface area contributed by atoms with Crippen molar-refractivity contribution in [1.29, 1.82) is 0 Å². The summed E-state index contributed by atoms with van der Waals surface area (Å²) in [6.07, 6.45) is 1.64. The molecule has 24 heavy (non-hydrogen) atoms. The van der Waals surface area contributed by atoms with Gasteiger partial charge in [-0.3, -0.25) is 0 Å². The minimum Gasteiger partial charge on any atom is -0.497 e. The number of esters is 1. The summed E-state index contributed by atoms with van der Waals surface area (Å²) < 4.78 is 16.6. The monoisotopic (exact) mass is 387 g/mol. The van der Waals surface area contributed by atoms with Crippen molar-refractivity contribution >= 4 is 33.9 Å². The summed E-state index contributed by atoms with van der Waals surface area (Å²) in [5.41, 5.74) is 1.62. The molecule has 0 spiro atoms. The molecule has 0 N–H and O–H groups in total. The van der Waals surface area contributed by atoms with Crippen molar-refractivity contribution in [2.75, 3.05) is 14.2 Å². The Labute approximate surface area is 147 Å². The first-order valence-electron chi connectivity index (χ1n) is 7.11. The van der Waals surface area contributed by atoms with Crippen molar-refractivity contribution in [2.45, 2.75) is 0 Å².